The van der Waals surface area contributed by atoms with Crippen LogP contribution in [0.15, 0.2) is 53.6 Å². The lowest BCUT2D eigenvalue weighted by atomic mass is 10.1. The van der Waals surface area contributed by atoms with Gasteiger partial charge in [-0.3, -0.25) is 4.72 Å². The summed E-state index contributed by atoms with van der Waals surface area (Å²) in [6.07, 6.45) is 9.59. The second-order valence-corrected chi connectivity index (χ2v) is 9.71. The number of fused-ring (bicyclic) bond motifs is 1. The molecule has 3 aromatic rings. The van der Waals surface area contributed by atoms with Crippen LogP contribution in [0.4, 0.5) is 5.69 Å². The van der Waals surface area contributed by atoms with E-state index in [-0.39, 0.29) is 0 Å². The van der Waals surface area contributed by atoms with Crippen molar-refractivity contribution in [2.24, 2.45) is 0 Å². The predicted molar refractivity (Wildman–Crippen MR) is 135 cm³/mol. The molecule has 0 unspecified atom stereocenters. The van der Waals surface area contributed by atoms with Crippen LogP contribution in [0.25, 0.3) is 10.9 Å². The summed E-state index contributed by atoms with van der Waals surface area (Å²) in [5.74, 6) is 0. The molecule has 0 spiro atoms. The number of H-pyrrole nitrogens is 1. The molecule has 1 saturated heterocycles. The minimum Gasteiger partial charge on any atom is -0.385 e. The van der Waals surface area contributed by atoms with E-state index in [2.05, 4.69) is 50.4 Å². The number of nitrogens with one attached hydrogen (secondary N) is 3. The summed E-state index contributed by atoms with van der Waals surface area (Å²) in [4.78, 5) is 7.18. The van der Waals surface area contributed by atoms with Crippen LogP contribution in [0.2, 0.25) is 5.02 Å². The molecule has 4 nitrogen and oxygen atoms in total. The van der Waals surface area contributed by atoms with Gasteiger partial charge in [0, 0.05) is 45.8 Å². The van der Waals surface area contributed by atoms with Crippen LogP contribution >= 0.6 is 23.5 Å². The van der Waals surface area contributed by atoms with Crippen LogP contribution in [-0.2, 0) is 6.42 Å². The molecule has 0 saturated carbocycles. The Hall–Kier alpha value is -1.66. The molecule has 1 aromatic heterocycles. The van der Waals surface area contributed by atoms with E-state index in [0.717, 1.165) is 36.5 Å². The number of rotatable bonds is 11. The summed E-state index contributed by atoms with van der Waals surface area (Å²) < 4.78 is 3.49. The van der Waals surface area contributed by atoms with Gasteiger partial charge < -0.3 is 15.2 Å². The highest BCUT2D eigenvalue weighted by Crippen LogP contribution is 2.23. The first-order valence-corrected chi connectivity index (χ1v) is 12.7. The van der Waals surface area contributed by atoms with Gasteiger partial charge in [0.2, 0.25) is 0 Å². The molecular weight excluding hydrogens is 424 g/mol. The number of piperidine rings is 1. The number of hydrogen-bond donors (Lipinski definition) is 3. The van der Waals surface area contributed by atoms with Gasteiger partial charge in [0.05, 0.1) is 0 Å². The van der Waals surface area contributed by atoms with E-state index < -0.39 is 0 Å². The molecule has 0 radical (unpaired) electrons. The Morgan fingerprint density at radius 2 is 1.81 bits per heavy atom. The highest BCUT2D eigenvalue weighted by Gasteiger charge is 2.08. The van der Waals surface area contributed by atoms with Gasteiger partial charge in [-0.2, -0.15) is 0 Å². The average Bonchev–Trinajstić information content (AvgIpc) is 3.20. The van der Waals surface area contributed by atoms with Gasteiger partial charge in [0.1, 0.15) is 0 Å². The summed E-state index contributed by atoms with van der Waals surface area (Å²) >= 11 is 7.85. The van der Waals surface area contributed by atoms with Gasteiger partial charge >= 0.3 is 0 Å². The van der Waals surface area contributed by atoms with Crippen molar-refractivity contribution < 1.29 is 0 Å². The number of hydrogen-bond acceptors (Lipinski definition) is 4. The number of benzene rings is 2. The lowest BCUT2D eigenvalue weighted by molar-refractivity contribution is 0.228. The first-order valence-electron chi connectivity index (χ1n) is 11.5. The second kappa shape index (κ2) is 11.8. The van der Waals surface area contributed by atoms with E-state index >= 15 is 0 Å². The smallest absolute Gasteiger partial charge is 0.0457 e. The van der Waals surface area contributed by atoms with E-state index in [1.54, 1.807) is 11.9 Å². The third kappa shape index (κ3) is 6.91. The first-order chi connectivity index (χ1) is 15.3. The van der Waals surface area contributed by atoms with Gasteiger partial charge in [0.25, 0.3) is 0 Å². The van der Waals surface area contributed by atoms with E-state index in [0.29, 0.717) is 0 Å². The largest absolute Gasteiger partial charge is 0.385 e. The van der Waals surface area contributed by atoms with Crippen LogP contribution < -0.4 is 10.0 Å². The lowest BCUT2D eigenvalue weighted by Gasteiger charge is -2.26. The Labute approximate surface area is 195 Å². The highest BCUT2D eigenvalue weighted by molar-refractivity contribution is 7.97. The van der Waals surface area contributed by atoms with Gasteiger partial charge in [-0.15, -0.1) is 0 Å². The molecule has 0 atom stereocenters. The van der Waals surface area contributed by atoms with Crippen LogP contribution in [0.5, 0.6) is 0 Å². The van der Waals surface area contributed by atoms with Gasteiger partial charge in [-0.05, 0) is 112 Å². The van der Waals surface area contributed by atoms with Crippen LogP contribution in [0.1, 0.15) is 37.7 Å². The van der Waals surface area contributed by atoms with Crippen molar-refractivity contribution in [1.82, 2.24) is 14.6 Å². The molecule has 2 aromatic carbocycles. The quantitative estimate of drug-likeness (QED) is 0.232. The maximum atomic E-state index is 6.14. The predicted octanol–water partition coefficient (Wildman–Crippen LogP) is 6.34. The zero-order chi connectivity index (χ0) is 21.3. The second-order valence-electron chi connectivity index (χ2n) is 8.31. The normalized spacial score (nSPS) is 14.9. The molecule has 166 valence electrons. The summed E-state index contributed by atoms with van der Waals surface area (Å²) in [5.41, 5.74) is 3.70. The van der Waals surface area contributed by atoms with Gasteiger partial charge in [-0.25, -0.2) is 0 Å². The van der Waals surface area contributed by atoms with E-state index in [9.17, 15) is 0 Å². The first kappa shape index (κ1) is 22.5. The maximum absolute atomic E-state index is 6.14. The zero-order valence-corrected chi connectivity index (χ0v) is 19.7. The Morgan fingerprint density at radius 3 is 2.65 bits per heavy atom. The molecule has 4 rings (SSSR count). The Morgan fingerprint density at radius 1 is 0.968 bits per heavy atom. The molecule has 0 aliphatic carbocycles. The van der Waals surface area contributed by atoms with Gasteiger partial charge in [-0.1, -0.05) is 18.0 Å². The average molecular weight is 457 g/mol. The van der Waals surface area contributed by atoms with E-state index in [1.807, 2.05) is 18.2 Å². The number of aryl methyl sites for hydroxylation is 1. The number of aromatic nitrogens is 1. The fourth-order valence-electron chi connectivity index (χ4n) is 4.20. The fraction of sp³-hybridized carbons (Fsp3) is 0.440. The van der Waals surface area contributed by atoms with Gasteiger partial charge in [0.15, 0.2) is 0 Å². The minimum absolute atomic E-state index is 0.793. The third-order valence-electron chi connectivity index (χ3n) is 5.93. The van der Waals surface area contributed by atoms with Crippen molar-refractivity contribution in [3.05, 3.63) is 59.2 Å². The van der Waals surface area contributed by atoms with Crippen molar-refractivity contribution >= 4 is 40.1 Å². The molecule has 3 N–H and O–H groups in total. The Kier molecular flexibility index (Phi) is 8.59. The van der Waals surface area contributed by atoms with E-state index in [4.69, 9.17) is 11.6 Å². The molecule has 31 heavy (non-hydrogen) atoms. The molecule has 0 bridgehead atoms. The number of nitrogens with zero attached hydrogens (tertiary/aromatic N) is 1. The number of halogens is 1. The maximum Gasteiger partial charge on any atom is 0.0457 e. The van der Waals surface area contributed by atoms with Crippen molar-refractivity contribution in [3.8, 4) is 0 Å². The highest BCUT2D eigenvalue weighted by atomic mass is 35.5. The Balaban J connectivity index is 1.11. The van der Waals surface area contributed by atoms with Crippen LogP contribution in [0.3, 0.4) is 0 Å². The van der Waals surface area contributed by atoms with Crippen molar-refractivity contribution in [2.45, 2.75) is 43.4 Å². The fourth-order valence-corrected chi connectivity index (χ4v) is 5.06. The molecule has 1 fully saturated rings. The Bertz CT molecular complexity index is 934. The van der Waals surface area contributed by atoms with Crippen LogP contribution in [-0.4, -0.2) is 42.6 Å². The number of likely N-dealkylation sites (tertiary alicyclic amines) is 1. The summed E-state index contributed by atoms with van der Waals surface area (Å²) in [6, 6.07) is 14.8. The summed E-state index contributed by atoms with van der Waals surface area (Å²) in [6.45, 7) is 5.80. The number of anilines is 1. The SMILES string of the molecule is Clc1ccc2[nH]cc(CCCNSc3ccc(NCCCN4CCCCC4)cc3)c2c1. The summed E-state index contributed by atoms with van der Waals surface area (Å²) in [7, 11) is 0. The zero-order valence-electron chi connectivity index (χ0n) is 18.1. The molecule has 2 heterocycles. The third-order valence-corrected chi connectivity index (χ3v) is 7.02. The van der Waals surface area contributed by atoms with Crippen molar-refractivity contribution in [2.75, 3.05) is 38.0 Å². The molecular formula is C25H33ClN4S. The topological polar surface area (TPSA) is 43.1 Å². The molecule has 0 amide bonds. The minimum atomic E-state index is 0.793. The standard InChI is InChI=1S/C25H33ClN4S/c26-21-7-12-25-24(18-21)20(19-28-25)6-4-14-29-31-23-10-8-22(9-11-23)27-13-5-17-30-15-2-1-3-16-30/h7-12,18-19,27-29H,1-6,13-17H2. The van der Waals surface area contributed by atoms with Crippen LogP contribution in [0, 0.1) is 0 Å². The monoisotopic (exact) mass is 456 g/mol. The molecule has 1 aliphatic rings. The summed E-state index contributed by atoms with van der Waals surface area (Å²) in [5, 5.41) is 5.58. The lowest BCUT2D eigenvalue weighted by Crippen LogP contribution is -2.31. The molecule has 6 heteroatoms. The number of aromatic amines is 1. The van der Waals surface area contributed by atoms with E-state index in [1.165, 1.54) is 66.9 Å². The van der Waals surface area contributed by atoms with Crippen molar-refractivity contribution in [3.63, 3.8) is 0 Å². The van der Waals surface area contributed by atoms with Crippen molar-refractivity contribution in [1.29, 1.82) is 0 Å². The molecule has 1 aliphatic heterocycles.